The largest absolute Gasteiger partial charge is 0.462 e. The molecule has 4 aliphatic rings. The Hall–Kier alpha value is -0.870. The molecule has 0 aromatic rings. The van der Waals surface area contributed by atoms with Crippen LogP contribution in [0.4, 0.5) is 0 Å². The lowest BCUT2D eigenvalue weighted by atomic mass is 9.35. The van der Waals surface area contributed by atoms with Crippen LogP contribution in [-0.4, -0.2) is 34.0 Å². The van der Waals surface area contributed by atoms with Crippen LogP contribution in [0.3, 0.4) is 0 Å². The molecule has 0 spiro atoms. The molecular weight excluding hydrogens is 448 g/mol. The summed E-state index contributed by atoms with van der Waals surface area (Å²) in [6.07, 6.45) is 9.93. The van der Waals surface area contributed by atoms with E-state index in [4.69, 9.17) is 4.74 Å². The van der Waals surface area contributed by atoms with Crippen molar-refractivity contribution in [2.24, 2.45) is 45.3 Å². The van der Waals surface area contributed by atoms with Gasteiger partial charge in [0.1, 0.15) is 6.10 Å². The van der Waals surface area contributed by atoms with E-state index in [1.807, 2.05) is 13.8 Å². The lowest BCUT2D eigenvalue weighted by molar-refractivity contribution is -0.229. The molecule has 206 valence electrons. The first-order chi connectivity index (χ1) is 16.5. The number of carbonyl (C=O) groups is 1. The minimum absolute atomic E-state index is 0.0102. The highest BCUT2D eigenvalue weighted by Crippen LogP contribution is 2.75. The Morgan fingerprint density at radius 2 is 1.61 bits per heavy atom. The Balaban J connectivity index is 1.58. The number of hydrogen-bond donors (Lipinski definition) is 2. The maximum absolute atomic E-state index is 11.9. The zero-order valence-corrected chi connectivity index (χ0v) is 24.5. The maximum atomic E-state index is 11.9. The minimum atomic E-state index is -0.757. The van der Waals surface area contributed by atoms with Gasteiger partial charge in [0, 0.05) is 12.3 Å². The summed E-state index contributed by atoms with van der Waals surface area (Å²) < 4.78 is 5.87. The average molecular weight is 503 g/mol. The molecular formula is C32H54O4. The number of carbonyl (C=O) groups excluding carboxylic acids is 1. The summed E-state index contributed by atoms with van der Waals surface area (Å²) in [4.78, 5) is 11.9. The molecule has 4 aliphatic carbocycles. The van der Waals surface area contributed by atoms with Crippen molar-refractivity contribution in [2.45, 2.75) is 137 Å². The highest BCUT2D eigenvalue weighted by Gasteiger charge is 2.69. The SMILES string of the molecule is C=C(C)[C@H](O)CC[C@](C)(O)[C@H]1CC[C@]2(C)[C@@H]1CC[C@@H]1[C@@]3(C)CC[C@H](OC(C)=O)C(C)(C)[C@@H]3CC[C@]12C. The van der Waals surface area contributed by atoms with Crippen LogP contribution >= 0.6 is 0 Å². The number of aliphatic hydroxyl groups is 2. The standard InChI is InChI=1S/C32H54O4/c1-20(2)24(34)13-19-32(9,35)23-12-17-30(7)22(23)10-11-26-29(6)16-15-27(36-21(3)33)28(4,5)25(29)14-18-31(26,30)8/h22-27,34-35H,1,10-19H2,2-9H3/t22-,23+,24-,25+,26-,27+,29+,30-,31-,32+/m1/s1. The van der Waals surface area contributed by atoms with E-state index in [9.17, 15) is 15.0 Å². The van der Waals surface area contributed by atoms with Gasteiger partial charge in [0.05, 0.1) is 11.7 Å². The molecule has 0 bridgehead atoms. The van der Waals surface area contributed by atoms with Crippen LogP contribution in [0.5, 0.6) is 0 Å². The van der Waals surface area contributed by atoms with E-state index >= 15 is 0 Å². The highest BCUT2D eigenvalue weighted by molar-refractivity contribution is 5.66. The van der Waals surface area contributed by atoms with Crippen LogP contribution in [0.15, 0.2) is 12.2 Å². The van der Waals surface area contributed by atoms with Gasteiger partial charge in [-0.1, -0.05) is 46.8 Å². The third kappa shape index (κ3) is 4.12. The average Bonchev–Trinajstić information content (AvgIpc) is 3.13. The molecule has 0 aliphatic heterocycles. The van der Waals surface area contributed by atoms with Gasteiger partial charge in [-0.15, -0.1) is 0 Å². The van der Waals surface area contributed by atoms with E-state index in [1.54, 1.807) is 6.92 Å². The topological polar surface area (TPSA) is 66.8 Å². The van der Waals surface area contributed by atoms with Gasteiger partial charge in [-0.05, 0) is 118 Å². The van der Waals surface area contributed by atoms with Gasteiger partial charge in [-0.25, -0.2) is 0 Å². The maximum Gasteiger partial charge on any atom is 0.302 e. The third-order valence-corrected chi connectivity index (χ3v) is 12.9. The molecule has 2 N–H and O–H groups in total. The van der Waals surface area contributed by atoms with Crippen LogP contribution in [0.2, 0.25) is 0 Å². The van der Waals surface area contributed by atoms with E-state index in [-0.39, 0.29) is 33.7 Å². The second-order valence-corrected chi connectivity index (χ2v) is 15.0. The predicted octanol–water partition coefficient (Wildman–Crippen LogP) is 7.07. The second kappa shape index (κ2) is 9.11. The first kappa shape index (κ1) is 28.1. The van der Waals surface area contributed by atoms with E-state index < -0.39 is 11.7 Å². The highest BCUT2D eigenvalue weighted by atomic mass is 16.5. The van der Waals surface area contributed by atoms with Gasteiger partial charge in [0.25, 0.3) is 0 Å². The van der Waals surface area contributed by atoms with Crippen molar-refractivity contribution in [1.82, 2.24) is 0 Å². The number of ether oxygens (including phenoxy) is 1. The van der Waals surface area contributed by atoms with Crippen LogP contribution in [0.1, 0.15) is 120 Å². The zero-order valence-electron chi connectivity index (χ0n) is 24.5. The van der Waals surface area contributed by atoms with E-state index in [0.29, 0.717) is 36.5 Å². The van der Waals surface area contributed by atoms with Crippen molar-refractivity contribution in [2.75, 3.05) is 0 Å². The van der Waals surface area contributed by atoms with E-state index in [2.05, 4.69) is 41.2 Å². The first-order valence-corrected chi connectivity index (χ1v) is 14.7. The fourth-order valence-electron chi connectivity index (χ4n) is 10.7. The van der Waals surface area contributed by atoms with Crippen molar-refractivity contribution < 1.29 is 19.7 Å². The summed E-state index contributed by atoms with van der Waals surface area (Å²) in [5.74, 6) is 1.90. The first-order valence-electron chi connectivity index (χ1n) is 14.7. The Morgan fingerprint density at radius 1 is 0.972 bits per heavy atom. The lowest BCUT2D eigenvalue weighted by Crippen LogP contribution is -2.64. The summed E-state index contributed by atoms with van der Waals surface area (Å²) in [5.41, 5.74) is 0.756. The fraction of sp³-hybridized carbons (Fsp3) is 0.906. The van der Waals surface area contributed by atoms with Crippen molar-refractivity contribution in [3.8, 4) is 0 Å². The molecule has 4 nitrogen and oxygen atoms in total. The molecule has 0 aromatic carbocycles. The Labute approximate surface area is 220 Å². The number of aliphatic hydroxyl groups excluding tert-OH is 1. The van der Waals surface area contributed by atoms with Gasteiger partial charge >= 0.3 is 5.97 Å². The number of rotatable bonds is 6. The minimum Gasteiger partial charge on any atom is -0.462 e. The summed E-state index contributed by atoms with van der Waals surface area (Å²) in [5, 5.41) is 22.0. The molecule has 36 heavy (non-hydrogen) atoms. The monoisotopic (exact) mass is 502 g/mol. The number of esters is 1. The summed E-state index contributed by atoms with van der Waals surface area (Å²) >= 11 is 0. The Morgan fingerprint density at radius 3 is 2.22 bits per heavy atom. The fourth-order valence-corrected chi connectivity index (χ4v) is 10.7. The normalized spacial score (nSPS) is 46.0. The van der Waals surface area contributed by atoms with Crippen molar-refractivity contribution in [3.05, 3.63) is 12.2 Å². The van der Waals surface area contributed by atoms with Gasteiger partial charge in [-0.3, -0.25) is 4.79 Å². The molecule has 0 amide bonds. The second-order valence-electron chi connectivity index (χ2n) is 15.0. The molecule has 4 heteroatoms. The lowest BCUT2D eigenvalue weighted by Gasteiger charge is -2.70. The van der Waals surface area contributed by atoms with Crippen LogP contribution in [0.25, 0.3) is 0 Å². The van der Waals surface area contributed by atoms with E-state index in [0.717, 1.165) is 24.8 Å². The molecule has 0 aromatic heterocycles. The zero-order chi connectivity index (χ0) is 26.9. The van der Waals surface area contributed by atoms with Crippen LogP contribution in [0, 0.1) is 45.3 Å². The Bertz CT molecular complexity index is 875. The molecule has 0 saturated heterocycles. The van der Waals surface area contributed by atoms with Crippen LogP contribution in [-0.2, 0) is 9.53 Å². The molecule has 0 heterocycles. The van der Waals surface area contributed by atoms with Gasteiger partial charge in [0.2, 0.25) is 0 Å². The number of fused-ring (bicyclic) bond motifs is 5. The molecule has 0 unspecified atom stereocenters. The smallest absolute Gasteiger partial charge is 0.302 e. The van der Waals surface area contributed by atoms with Crippen molar-refractivity contribution in [1.29, 1.82) is 0 Å². The van der Waals surface area contributed by atoms with Crippen LogP contribution < -0.4 is 0 Å². The van der Waals surface area contributed by atoms with Gasteiger partial charge in [-0.2, -0.15) is 0 Å². The summed E-state index contributed by atoms with van der Waals surface area (Å²) in [7, 11) is 0. The quantitative estimate of drug-likeness (QED) is 0.301. The predicted molar refractivity (Wildman–Crippen MR) is 145 cm³/mol. The number of hydrogen-bond acceptors (Lipinski definition) is 4. The summed E-state index contributed by atoms with van der Waals surface area (Å²) in [6.45, 7) is 21.8. The summed E-state index contributed by atoms with van der Waals surface area (Å²) in [6, 6.07) is 0. The molecule has 4 rings (SSSR count). The Kier molecular flexibility index (Phi) is 7.12. The molecule has 0 radical (unpaired) electrons. The van der Waals surface area contributed by atoms with Crippen molar-refractivity contribution in [3.63, 3.8) is 0 Å². The molecule has 4 saturated carbocycles. The molecule has 4 fully saturated rings. The van der Waals surface area contributed by atoms with Crippen molar-refractivity contribution >= 4 is 5.97 Å². The van der Waals surface area contributed by atoms with Gasteiger partial charge < -0.3 is 14.9 Å². The third-order valence-electron chi connectivity index (χ3n) is 12.9. The van der Waals surface area contributed by atoms with Gasteiger partial charge in [0.15, 0.2) is 0 Å². The molecule has 10 atom stereocenters. The van der Waals surface area contributed by atoms with E-state index in [1.165, 1.54) is 32.1 Å².